The zero-order valence-electron chi connectivity index (χ0n) is 7.67. The lowest BCUT2D eigenvalue weighted by Gasteiger charge is -2.12. The fraction of sp³-hybridized carbons (Fsp3) is 0.455. The summed E-state index contributed by atoms with van der Waals surface area (Å²) in [6.07, 6.45) is 0.661. The number of nitrogens with zero attached hydrogens (tertiary/aromatic N) is 1. The van der Waals surface area contributed by atoms with Crippen molar-refractivity contribution < 1.29 is 4.39 Å². The summed E-state index contributed by atoms with van der Waals surface area (Å²) in [6.45, 7) is 2.67. The highest BCUT2D eigenvalue weighted by atomic mass is 19.1. The van der Waals surface area contributed by atoms with Crippen LogP contribution >= 0.6 is 0 Å². The summed E-state index contributed by atoms with van der Waals surface area (Å²) in [5.74, 6) is 0. The number of rotatable bonds is 3. The van der Waals surface area contributed by atoms with Crippen LogP contribution in [0, 0.1) is 0 Å². The van der Waals surface area contributed by atoms with Crippen LogP contribution in [0.25, 0.3) is 0 Å². The fourth-order valence-corrected chi connectivity index (χ4v) is 1.85. The van der Waals surface area contributed by atoms with E-state index in [1.165, 1.54) is 11.1 Å². The normalized spacial score (nSPS) is 16.1. The van der Waals surface area contributed by atoms with Crippen LogP contribution < -0.4 is 0 Å². The molecular weight excluding hydrogens is 165 g/mol. The van der Waals surface area contributed by atoms with Gasteiger partial charge in [0.05, 0.1) is 6.67 Å². The van der Waals surface area contributed by atoms with Crippen molar-refractivity contribution in [2.75, 3.05) is 13.2 Å². The second-order valence-electron chi connectivity index (χ2n) is 3.52. The monoisotopic (exact) mass is 179 g/mol. The molecule has 0 aromatic heterocycles. The average molecular weight is 179 g/mol. The molecule has 1 heterocycles. The van der Waals surface area contributed by atoms with Gasteiger partial charge < -0.3 is 0 Å². The first-order valence-electron chi connectivity index (χ1n) is 4.75. The van der Waals surface area contributed by atoms with Crippen LogP contribution in [-0.4, -0.2) is 18.1 Å². The number of hydrogen-bond acceptors (Lipinski definition) is 1. The highest BCUT2D eigenvalue weighted by Gasteiger charge is 2.16. The van der Waals surface area contributed by atoms with Crippen molar-refractivity contribution in [3.05, 3.63) is 35.4 Å². The summed E-state index contributed by atoms with van der Waals surface area (Å²) in [6, 6.07) is 8.45. The third-order valence-corrected chi connectivity index (χ3v) is 2.51. The SMILES string of the molecule is FCCCN1Cc2ccccc2C1. The molecular formula is C11H14FN. The summed E-state index contributed by atoms with van der Waals surface area (Å²) in [7, 11) is 0. The van der Waals surface area contributed by atoms with E-state index in [-0.39, 0.29) is 6.67 Å². The Morgan fingerprint density at radius 2 is 1.77 bits per heavy atom. The topological polar surface area (TPSA) is 3.24 Å². The van der Waals surface area contributed by atoms with Gasteiger partial charge in [0.15, 0.2) is 0 Å². The lowest BCUT2D eigenvalue weighted by molar-refractivity contribution is 0.267. The molecule has 0 bridgehead atoms. The Balaban J connectivity index is 1.97. The van der Waals surface area contributed by atoms with Gasteiger partial charge in [0.1, 0.15) is 0 Å². The van der Waals surface area contributed by atoms with Gasteiger partial charge in [-0.2, -0.15) is 0 Å². The maximum absolute atomic E-state index is 11.9. The molecule has 1 aromatic rings. The molecule has 70 valence electrons. The molecule has 1 aliphatic heterocycles. The molecule has 13 heavy (non-hydrogen) atoms. The standard InChI is InChI=1S/C11H14FN/c12-6-3-7-13-8-10-4-1-2-5-11(10)9-13/h1-2,4-5H,3,6-9H2. The van der Waals surface area contributed by atoms with E-state index in [0.29, 0.717) is 6.42 Å². The summed E-state index contributed by atoms with van der Waals surface area (Å²) in [5.41, 5.74) is 2.81. The van der Waals surface area contributed by atoms with Crippen LogP contribution in [0.1, 0.15) is 17.5 Å². The molecule has 0 radical (unpaired) electrons. The Bertz CT molecular complexity index is 260. The largest absolute Gasteiger partial charge is 0.295 e. The van der Waals surface area contributed by atoms with Crippen LogP contribution in [0.15, 0.2) is 24.3 Å². The lowest BCUT2D eigenvalue weighted by Crippen LogP contribution is -2.17. The Labute approximate surface area is 78.2 Å². The van der Waals surface area contributed by atoms with Gasteiger partial charge in [-0.25, -0.2) is 0 Å². The predicted molar refractivity (Wildman–Crippen MR) is 51.1 cm³/mol. The second kappa shape index (κ2) is 3.88. The number of fused-ring (bicyclic) bond motifs is 1. The summed E-state index contributed by atoms with van der Waals surface area (Å²) in [5, 5.41) is 0. The number of alkyl halides is 1. The van der Waals surface area contributed by atoms with E-state index in [2.05, 4.69) is 29.2 Å². The van der Waals surface area contributed by atoms with Gasteiger partial charge in [-0.05, 0) is 17.5 Å². The molecule has 0 saturated heterocycles. The Morgan fingerprint density at radius 1 is 1.15 bits per heavy atom. The molecule has 1 nitrogen and oxygen atoms in total. The van der Waals surface area contributed by atoms with Crippen molar-refractivity contribution in [1.82, 2.24) is 4.90 Å². The van der Waals surface area contributed by atoms with Crippen LogP contribution in [0.5, 0.6) is 0 Å². The predicted octanol–water partition coefficient (Wildman–Crippen LogP) is 2.36. The molecule has 0 aliphatic carbocycles. The van der Waals surface area contributed by atoms with E-state index in [1.54, 1.807) is 0 Å². The van der Waals surface area contributed by atoms with E-state index in [4.69, 9.17) is 0 Å². The van der Waals surface area contributed by atoms with Crippen LogP contribution in [0.3, 0.4) is 0 Å². The maximum atomic E-state index is 11.9. The van der Waals surface area contributed by atoms with Gasteiger partial charge in [0, 0.05) is 19.6 Å². The summed E-state index contributed by atoms with van der Waals surface area (Å²) < 4.78 is 11.9. The van der Waals surface area contributed by atoms with E-state index in [1.807, 2.05) is 0 Å². The third kappa shape index (κ3) is 1.89. The molecule has 2 heteroatoms. The van der Waals surface area contributed by atoms with Gasteiger partial charge in [-0.15, -0.1) is 0 Å². The summed E-state index contributed by atoms with van der Waals surface area (Å²) >= 11 is 0. The second-order valence-corrected chi connectivity index (χ2v) is 3.52. The van der Waals surface area contributed by atoms with Gasteiger partial charge >= 0.3 is 0 Å². The Hall–Kier alpha value is -0.890. The Kier molecular flexibility index (Phi) is 2.60. The minimum atomic E-state index is -0.202. The molecule has 1 aliphatic rings. The van der Waals surface area contributed by atoms with Crippen LogP contribution in [0.4, 0.5) is 4.39 Å². The van der Waals surface area contributed by atoms with E-state index < -0.39 is 0 Å². The number of hydrogen-bond donors (Lipinski definition) is 0. The first-order valence-corrected chi connectivity index (χ1v) is 4.75. The molecule has 0 spiro atoms. The fourth-order valence-electron chi connectivity index (χ4n) is 1.85. The van der Waals surface area contributed by atoms with Gasteiger partial charge in [-0.1, -0.05) is 24.3 Å². The summed E-state index contributed by atoms with van der Waals surface area (Å²) in [4.78, 5) is 2.30. The van der Waals surface area contributed by atoms with Crippen molar-refractivity contribution in [2.45, 2.75) is 19.5 Å². The van der Waals surface area contributed by atoms with E-state index in [0.717, 1.165) is 19.6 Å². The molecule has 0 N–H and O–H groups in total. The minimum Gasteiger partial charge on any atom is -0.295 e. The third-order valence-electron chi connectivity index (χ3n) is 2.51. The van der Waals surface area contributed by atoms with Crippen LogP contribution in [-0.2, 0) is 13.1 Å². The van der Waals surface area contributed by atoms with Crippen molar-refractivity contribution in [1.29, 1.82) is 0 Å². The van der Waals surface area contributed by atoms with Gasteiger partial charge in [0.2, 0.25) is 0 Å². The molecule has 0 fully saturated rings. The number of halogens is 1. The van der Waals surface area contributed by atoms with Crippen LogP contribution in [0.2, 0.25) is 0 Å². The highest BCUT2D eigenvalue weighted by Crippen LogP contribution is 2.21. The highest BCUT2D eigenvalue weighted by molar-refractivity contribution is 5.30. The van der Waals surface area contributed by atoms with E-state index in [9.17, 15) is 4.39 Å². The zero-order valence-corrected chi connectivity index (χ0v) is 7.67. The molecule has 2 rings (SSSR count). The van der Waals surface area contributed by atoms with Gasteiger partial charge in [0.25, 0.3) is 0 Å². The molecule has 0 amide bonds. The first-order chi connectivity index (χ1) is 6.40. The smallest absolute Gasteiger partial charge is 0.0906 e. The lowest BCUT2D eigenvalue weighted by atomic mass is 10.1. The minimum absolute atomic E-state index is 0.202. The maximum Gasteiger partial charge on any atom is 0.0906 e. The number of benzene rings is 1. The molecule has 0 atom stereocenters. The zero-order chi connectivity index (χ0) is 9.10. The van der Waals surface area contributed by atoms with Gasteiger partial charge in [-0.3, -0.25) is 9.29 Å². The average Bonchev–Trinajstić information content (AvgIpc) is 2.57. The molecule has 0 unspecified atom stereocenters. The van der Waals surface area contributed by atoms with Crippen molar-refractivity contribution in [3.63, 3.8) is 0 Å². The quantitative estimate of drug-likeness (QED) is 0.688. The van der Waals surface area contributed by atoms with Crippen molar-refractivity contribution in [3.8, 4) is 0 Å². The van der Waals surface area contributed by atoms with E-state index >= 15 is 0 Å². The Morgan fingerprint density at radius 3 is 2.31 bits per heavy atom. The first kappa shape index (κ1) is 8.70. The molecule has 1 aromatic carbocycles. The molecule has 0 saturated carbocycles. The van der Waals surface area contributed by atoms with Crippen molar-refractivity contribution >= 4 is 0 Å². The van der Waals surface area contributed by atoms with Crippen molar-refractivity contribution in [2.24, 2.45) is 0 Å².